The highest BCUT2D eigenvalue weighted by Gasteiger charge is 2.21. The van der Waals surface area contributed by atoms with Crippen molar-refractivity contribution in [2.75, 3.05) is 10.5 Å². The molecular weight excluding hydrogens is 282 g/mol. The van der Waals surface area contributed by atoms with E-state index in [1.165, 1.54) is 6.20 Å². The molecule has 2 aromatic heterocycles. The molecule has 9 heteroatoms. The number of benzene rings is 1. The first-order valence-corrected chi connectivity index (χ1v) is 7.14. The molecule has 3 rings (SSSR count). The molecule has 20 heavy (non-hydrogen) atoms. The highest BCUT2D eigenvalue weighted by Crippen LogP contribution is 2.25. The molecule has 0 aliphatic rings. The second-order valence-corrected chi connectivity index (χ2v) is 5.86. The summed E-state index contributed by atoms with van der Waals surface area (Å²) >= 11 is 0. The van der Waals surface area contributed by atoms with Gasteiger partial charge in [0.1, 0.15) is 4.90 Å². The highest BCUT2D eigenvalue weighted by atomic mass is 32.2. The Morgan fingerprint density at radius 3 is 2.90 bits per heavy atom. The summed E-state index contributed by atoms with van der Waals surface area (Å²) in [5, 5.41) is 4.05. The number of nitrogens with two attached hydrogens (primary N) is 1. The minimum Gasteiger partial charge on any atom is -0.399 e. The number of aromatic nitrogens is 3. The number of nitrogens with zero attached hydrogens (tertiary/aromatic N) is 2. The molecule has 1 aromatic carbocycles. The molecule has 0 saturated heterocycles. The SMILES string of the molecule is Cc1noc(NS(=O)(=O)c2c[nH]c3cc(N)ccc23)n1. The molecule has 0 saturated carbocycles. The number of hydrogen-bond acceptors (Lipinski definition) is 6. The van der Waals surface area contributed by atoms with E-state index in [1.807, 2.05) is 0 Å². The van der Waals surface area contributed by atoms with E-state index in [4.69, 9.17) is 10.3 Å². The summed E-state index contributed by atoms with van der Waals surface area (Å²) in [5.74, 6) is 0.342. The predicted molar refractivity (Wildman–Crippen MR) is 72.6 cm³/mol. The average Bonchev–Trinajstić information content (AvgIpc) is 2.94. The zero-order chi connectivity index (χ0) is 14.3. The van der Waals surface area contributed by atoms with Crippen molar-refractivity contribution in [3.8, 4) is 0 Å². The summed E-state index contributed by atoms with van der Waals surface area (Å²) in [6, 6.07) is 4.75. The first-order valence-electron chi connectivity index (χ1n) is 5.65. The molecule has 0 aliphatic carbocycles. The number of anilines is 2. The van der Waals surface area contributed by atoms with Gasteiger partial charge in [0.2, 0.25) is 0 Å². The molecule has 8 nitrogen and oxygen atoms in total. The van der Waals surface area contributed by atoms with Crippen LogP contribution in [0.5, 0.6) is 0 Å². The summed E-state index contributed by atoms with van der Waals surface area (Å²) < 4.78 is 31.5. The zero-order valence-corrected chi connectivity index (χ0v) is 11.2. The van der Waals surface area contributed by atoms with E-state index in [1.54, 1.807) is 25.1 Å². The zero-order valence-electron chi connectivity index (χ0n) is 10.4. The van der Waals surface area contributed by atoms with Crippen molar-refractivity contribution in [1.82, 2.24) is 15.1 Å². The number of fused-ring (bicyclic) bond motifs is 1. The van der Waals surface area contributed by atoms with E-state index in [0.29, 0.717) is 22.4 Å². The molecule has 104 valence electrons. The van der Waals surface area contributed by atoms with Crippen LogP contribution >= 0.6 is 0 Å². The first kappa shape index (κ1) is 12.5. The fraction of sp³-hybridized carbons (Fsp3) is 0.0909. The smallest absolute Gasteiger partial charge is 0.335 e. The van der Waals surface area contributed by atoms with Gasteiger partial charge in [0.15, 0.2) is 5.82 Å². The van der Waals surface area contributed by atoms with Gasteiger partial charge in [-0.25, -0.2) is 13.1 Å². The lowest BCUT2D eigenvalue weighted by molar-refractivity contribution is 0.429. The number of nitrogens with one attached hydrogen (secondary N) is 2. The average molecular weight is 293 g/mol. The lowest BCUT2D eigenvalue weighted by Crippen LogP contribution is -2.12. The number of sulfonamides is 1. The van der Waals surface area contributed by atoms with Crippen molar-refractivity contribution in [3.05, 3.63) is 30.2 Å². The van der Waals surface area contributed by atoms with Crippen molar-refractivity contribution in [3.63, 3.8) is 0 Å². The topological polar surface area (TPSA) is 127 Å². The fourth-order valence-electron chi connectivity index (χ4n) is 1.85. The Hall–Kier alpha value is -2.55. The standard InChI is InChI=1S/C11H11N5O3S/c1-6-14-11(19-15-6)16-20(17,18)10-5-13-9-4-7(12)2-3-8(9)10/h2-5,13H,12H2,1H3,(H,14,15,16). The Labute approximate surface area is 114 Å². The summed E-state index contributed by atoms with van der Waals surface area (Å²) in [7, 11) is -3.81. The Morgan fingerprint density at radius 1 is 1.40 bits per heavy atom. The lowest BCUT2D eigenvalue weighted by Gasteiger charge is -2.02. The van der Waals surface area contributed by atoms with Crippen LogP contribution in [0.2, 0.25) is 0 Å². The van der Waals surface area contributed by atoms with Gasteiger partial charge in [-0.15, -0.1) is 0 Å². The summed E-state index contributed by atoms with van der Waals surface area (Å²) in [5.41, 5.74) is 6.83. The molecular formula is C11H11N5O3S. The van der Waals surface area contributed by atoms with Gasteiger partial charge in [0, 0.05) is 22.8 Å². The molecule has 0 bridgehead atoms. The van der Waals surface area contributed by atoms with Gasteiger partial charge < -0.3 is 15.2 Å². The summed E-state index contributed by atoms with van der Waals surface area (Å²) in [4.78, 5) is 6.75. The number of aromatic amines is 1. The Kier molecular flexibility index (Phi) is 2.64. The van der Waals surface area contributed by atoms with Gasteiger partial charge in [-0.05, 0) is 25.1 Å². The van der Waals surface area contributed by atoms with E-state index in [9.17, 15) is 8.42 Å². The monoisotopic (exact) mass is 293 g/mol. The minimum atomic E-state index is -3.81. The maximum absolute atomic E-state index is 12.3. The normalized spacial score (nSPS) is 11.8. The molecule has 0 spiro atoms. The molecule has 2 heterocycles. The molecule has 0 aliphatic heterocycles. The van der Waals surface area contributed by atoms with Crippen molar-refractivity contribution >= 4 is 32.6 Å². The summed E-state index contributed by atoms with van der Waals surface area (Å²) in [6.07, 6.45) is 1.38. The predicted octanol–water partition coefficient (Wildman–Crippen LogP) is 1.24. The second-order valence-electron chi connectivity index (χ2n) is 4.21. The van der Waals surface area contributed by atoms with Crippen LogP contribution in [-0.2, 0) is 10.0 Å². The third-order valence-corrected chi connectivity index (χ3v) is 4.07. The number of nitrogen functional groups attached to an aromatic ring is 1. The second kappa shape index (κ2) is 4.23. The van der Waals surface area contributed by atoms with Gasteiger partial charge in [-0.1, -0.05) is 5.16 Å². The van der Waals surface area contributed by atoms with E-state index in [-0.39, 0.29) is 10.9 Å². The third-order valence-electron chi connectivity index (χ3n) is 2.71. The van der Waals surface area contributed by atoms with Crippen LogP contribution in [0.25, 0.3) is 10.9 Å². The Bertz CT molecular complexity index is 880. The quantitative estimate of drug-likeness (QED) is 0.623. The van der Waals surface area contributed by atoms with Crippen molar-refractivity contribution in [2.24, 2.45) is 0 Å². The maximum Gasteiger partial charge on any atom is 0.335 e. The van der Waals surface area contributed by atoms with Crippen molar-refractivity contribution in [2.45, 2.75) is 11.8 Å². The van der Waals surface area contributed by atoms with Crippen LogP contribution in [0.15, 0.2) is 33.8 Å². The molecule has 0 amide bonds. The van der Waals surface area contributed by atoms with Gasteiger partial charge in [0.25, 0.3) is 10.0 Å². The van der Waals surface area contributed by atoms with Crippen LogP contribution < -0.4 is 10.5 Å². The highest BCUT2D eigenvalue weighted by molar-refractivity contribution is 7.93. The lowest BCUT2D eigenvalue weighted by atomic mass is 10.2. The van der Waals surface area contributed by atoms with Crippen LogP contribution in [-0.4, -0.2) is 23.5 Å². The minimum absolute atomic E-state index is 0.0864. The van der Waals surface area contributed by atoms with Gasteiger partial charge in [-0.3, -0.25) is 0 Å². The van der Waals surface area contributed by atoms with Gasteiger partial charge in [0.05, 0.1) is 0 Å². The number of rotatable bonds is 3. The number of hydrogen-bond donors (Lipinski definition) is 3. The van der Waals surface area contributed by atoms with E-state index < -0.39 is 10.0 Å². The number of H-pyrrole nitrogens is 1. The Morgan fingerprint density at radius 2 is 2.20 bits per heavy atom. The van der Waals surface area contributed by atoms with Crippen LogP contribution in [0.3, 0.4) is 0 Å². The Balaban J connectivity index is 2.05. The largest absolute Gasteiger partial charge is 0.399 e. The van der Waals surface area contributed by atoms with Crippen LogP contribution in [0.4, 0.5) is 11.7 Å². The van der Waals surface area contributed by atoms with Crippen LogP contribution in [0, 0.1) is 6.92 Å². The maximum atomic E-state index is 12.3. The number of aryl methyl sites for hydroxylation is 1. The van der Waals surface area contributed by atoms with E-state index in [2.05, 4.69) is 19.8 Å². The molecule has 0 radical (unpaired) electrons. The third kappa shape index (κ3) is 2.07. The fourth-order valence-corrected chi connectivity index (χ4v) is 2.95. The van der Waals surface area contributed by atoms with E-state index >= 15 is 0 Å². The van der Waals surface area contributed by atoms with Gasteiger partial charge in [-0.2, -0.15) is 4.98 Å². The van der Waals surface area contributed by atoms with Crippen molar-refractivity contribution in [1.29, 1.82) is 0 Å². The summed E-state index contributed by atoms with van der Waals surface area (Å²) in [6.45, 7) is 1.59. The van der Waals surface area contributed by atoms with Crippen LogP contribution in [0.1, 0.15) is 5.82 Å². The molecule has 0 fully saturated rings. The molecule has 4 N–H and O–H groups in total. The van der Waals surface area contributed by atoms with E-state index in [0.717, 1.165) is 0 Å². The first-order chi connectivity index (χ1) is 9.45. The molecule has 3 aromatic rings. The molecule has 0 unspecified atom stereocenters. The molecule has 0 atom stereocenters. The van der Waals surface area contributed by atoms with Gasteiger partial charge >= 0.3 is 6.01 Å². The van der Waals surface area contributed by atoms with Crippen molar-refractivity contribution < 1.29 is 12.9 Å².